The first-order valence-corrected chi connectivity index (χ1v) is 5.97. The molecule has 7 heteroatoms. The number of fused-ring (bicyclic) bond motifs is 1. The lowest BCUT2D eigenvalue weighted by molar-refractivity contribution is 0.0792. The van der Waals surface area contributed by atoms with Crippen molar-refractivity contribution >= 4 is 36.4 Å². The number of carbonyl (C=O) groups is 1. The number of aryl methyl sites for hydroxylation is 1. The third-order valence-electron chi connectivity index (χ3n) is 2.88. The molecular formula is C13H20Cl2N4O. The first-order chi connectivity index (χ1) is 8.61. The van der Waals surface area contributed by atoms with Crippen molar-refractivity contribution in [2.45, 2.75) is 6.92 Å². The number of halogens is 2. The van der Waals surface area contributed by atoms with Crippen molar-refractivity contribution in [3.05, 3.63) is 35.8 Å². The van der Waals surface area contributed by atoms with Crippen molar-refractivity contribution in [3.8, 4) is 0 Å². The first kappa shape index (κ1) is 18.7. The zero-order valence-corrected chi connectivity index (χ0v) is 13.4. The third-order valence-corrected chi connectivity index (χ3v) is 2.88. The maximum Gasteiger partial charge on any atom is 0.273 e. The number of pyridine rings is 1. The Bertz CT molecular complexity index is 570. The molecule has 20 heavy (non-hydrogen) atoms. The molecule has 2 aromatic heterocycles. The second-order valence-corrected chi connectivity index (χ2v) is 4.43. The zero-order chi connectivity index (χ0) is 13.1. The number of imidazole rings is 1. The van der Waals surface area contributed by atoms with Crippen LogP contribution in [0.2, 0.25) is 0 Å². The van der Waals surface area contributed by atoms with E-state index in [2.05, 4.69) is 10.3 Å². The Hall–Kier alpha value is -1.30. The maximum atomic E-state index is 12.1. The van der Waals surface area contributed by atoms with Crippen LogP contribution in [0, 0.1) is 6.92 Å². The van der Waals surface area contributed by atoms with E-state index in [-0.39, 0.29) is 30.7 Å². The standard InChI is InChI=1S/C13H18N4O.2ClH/c1-10-4-6-17-9-11(15-12(17)8-10)13(18)16(3)7-5-14-2;;/h4,6,8-9,14H,5,7H2,1-3H3;2*1H. The van der Waals surface area contributed by atoms with Crippen LogP contribution < -0.4 is 5.32 Å². The molecule has 0 bridgehead atoms. The topological polar surface area (TPSA) is 49.6 Å². The largest absolute Gasteiger partial charge is 0.339 e. The van der Waals surface area contributed by atoms with Gasteiger partial charge < -0.3 is 14.6 Å². The van der Waals surface area contributed by atoms with Crippen LogP contribution in [0.25, 0.3) is 5.65 Å². The molecule has 1 N–H and O–H groups in total. The summed E-state index contributed by atoms with van der Waals surface area (Å²) in [5.41, 5.74) is 2.43. The van der Waals surface area contributed by atoms with Crippen LogP contribution in [0.1, 0.15) is 16.1 Å². The van der Waals surface area contributed by atoms with Gasteiger partial charge in [-0.2, -0.15) is 0 Å². The second kappa shape index (κ2) is 8.09. The van der Waals surface area contributed by atoms with Gasteiger partial charge in [0.2, 0.25) is 0 Å². The minimum Gasteiger partial charge on any atom is -0.339 e. The van der Waals surface area contributed by atoms with Gasteiger partial charge in [-0.25, -0.2) is 4.98 Å². The highest BCUT2D eigenvalue weighted by atomic mass is 35.5. The zero-order valence-electron chi connectivity index (χ0n) is 11.8. The van der Waals surface area contributed by atoms with Crippen molar-refractivity contribution in [3.63, 3.8) is 0 Å². The van der Waals surface area contributed by atoms with E-state index in [1.165, 1.54) is 0 Å². The summed E-state index contributed by atoms with van der Waals surface area (Å²) in [5, 5.41) is 3.02. The summed E-state index contributed by atoms with van der Waals surface area (Å²) in [6.45, 7) is 3.45. The molecule has 1 amide bonds. The van der Waals surface area contributed by atoms with Gasteiger partial charge in [0.25, 0.3) is 5.91 Å². The Balaban J connectivity index is 0.00000180. The number of likely N-dealkylation sites (N-methyl/N-ethyl adjacent to an activating group) is 2. The van der Waals surface area contributed by atoms with Crippen molar-refractivity contribution in [2.75, 3.05) is 27.2 Å². The number of amides is 1. The Kier molecular flexibility index (Phi) is 7.57. The van der Waals surface area contributed by atoms with Gasteiger partial charge in [-0.15, -0.1) is 24.8 Å². The fraction of sp³-hybridized carbons (Fsp3) is 0.385. The van der Waals surface area contributed by atoms with Gasteiger partial charge in [0.1, 0.15) is 11.3 Å². The number of hydrogen-bond acceptors (Lipinski definition) is 3. The van der Waals surface area contributed by atoms with Crippen LogP contribution in [0.3, 0.4) is 0 Å². The van der Waals surface area contributed by atoms with E-state index < -0.39 is 0 Å². The molecule has 0 saturated heterocycles. The second-order valence-electron chi connectivity index (χ2n) is 4.43. The molecule has 5 nitrogen and oxygen atoms in total. The van der Waals surface area contributed by atoms with Gasteiger partial charge in [0.15, 0.2) is 0 Å². The van der Waals surface area contributed by atoms with Crippen LogP contribution in [0.15, 0.2) is 24.5 Å². The molecule has 0 aliphatic heterocycles. The molecule has 2 aromatic rings. The molecule has 2 rings (SSSR count). The summed E-state index contributed by atoms with van der Waals surface area (Å²) < 4.78 is 1.87. The van der Waals surface area contributed by atoms with E-state index >= 15 is 0 Å². The van der Waals surface area contributed by atoms with Crippen molar-refractivity contribution in [1.29, 1.82) is 0 Å². The molecule has 0 saturated carbocycles. The highest BCUT2D eigenvalue weighted by Crippen LogP contribution is 2.09. The normalized spacial score (nSPS) is 9.75. The molecule has 112 valence electrons. The Morgan fingerprint density at radius 2 is 2.15 bits per heavy atom. The highest BCUT2D eigenvalue weighted by Gasteiger charge is 2.14. The van der Waals surface area contributed by atoms with Crippen LogP contribution in [0.5, 0.6) is 0 Å². The van der Waals surface area contributed by atoms with E-state index in [1.54, 1.807) is 18.1 Å². The average molecular weight is 319 g/mol. The van der Waals surface area contributed by atoms with Crippen LogP contribution in [0.4, 0.5) is 0 Å². The number of nitrogens with one attached hydrogen (secondary N) is 1. The molecule has 0 fully saturated rings. The summed E-state index contributed by atoms with van der Waals surface area (Å²) in [6.07, 6.45) is 3.69. The first-order valence-electron chi connectivity index (χ1n) is 5.97. The van der Waals surface area contributed by atoms with Crippen LogP contribution in [-0.2, 0) is 0 Å². The predicted molar refractivity (Wildman–Crippen MR) is 85.3 cm³/mol. The number of nitrogens with zero attached hydrogens (tertiary/aromatic N) is 3. The lowest BCUT2D eigenvalue weighted by Crippen LogP contribution is -2.32. The predicted octanol–water partition coefficient (Wildman–Crippen LogP) is 1.78. The quantitative estimate of drug-likeness (QED) is 0.934. The smallest absolute Gasteiger partial charge is 0.273 e. The Morgan fingerprint density at radius 1 is 1.45 bits per heavy atom. The number of aromatic nitrogens is 2. The van der Waals surface area contributed by atoms with E-state index in [0.717, 1.165) is 17.8 Å². The molecule has 0 unspecified atom stereocenters. The molecule has 0 aliphatic carbocycles. The lowest BCUT2D eigenvalue weighted by atomic mass is 10.3. The molecule has 0 atom stereocenters. The van der Waals surface area contributed by atoms with Crippen molar-refractivity contribution < 1.29 is 4.79 Å². The van der Waals surface area contributed by atoms with Crippen molar-refractivity contribution in [1.82, 2.24) is 19.6 Å². The third kappa shape index (κ3) is 4.10. The number of carbonyl (C=O) groups excluding carboxylic acids is 1. The summed E-state index contributed by atoms with van der Waals surface area (Å²) in [7, 11) is 3.65. The fourth-order valence-electron chi connectivity index (χ4n) is 1.76. The van der Waals surface area contributed by atoms with Gasteiger partial charge in [0.05, 0.1) is 0 Å². The molecule has 0 aromatic carbocycles. The Morgan fingerprint density at radius 3 is 2.80 bits per heavy atom. The molecular weight excluding hydrogens is 299 g/mol. The van der Waals surface area contributed by atoms with Gasteiger partial charge in [-0.3, -0.25) is 4.79 Å². The summed E-state index contributed by atoms with van der Waals surface area (Å²) in [6, 6.07) is 3.96. The summed E-state index contributed by atoms with van der Waals surface area (Å²) >= 11 is 0. The molecule has 0 spiro atoms. The maximum absolute atomic E-state index is 12.1. The van der Waals surface area contributed by atoms with E-state index in [0.29, 0.717) is 12.2 Å². The van der Waals surface area contributed by atoms with E-state index in [4.69, 9.17) is 0 Å². The minimum absolute atomic E-state index is 0. The molecule has 2 heterocycles. The summed E-state index contributed by atoms with van der Waals surface area (Å²) in [5.74, 6) is -0.0494. The van der Waals surface area contributed by atoms with Gasteiger partial charge in [-0.05, 0) is 31.7 Å². The number of hydrogen-bond donors (Lipinski definition) is 1. The average Bonchev–Trinajstić information content (AvgIpc) is 2.77. The highest BCUT2D eigenvalue weighted by molar-refractivity contribution is 5.92. The number of rotatable bonds is 4. The molecule has 0 aliphatic rings. The van der Waals surface area contributed by atoms with Gasteiger partial charge >= 0.3 is 0 Å². The lowest BCUT2D eigenvalue weighted by Gasteiger charge is -2.14. The molecule has 0 radical (unpaired) electrons. The Labute approximate surface area is 131 Å². The SMILES string of the molecule is CNCCN(C)C(=O)c1cn2ccc(C)cc2n1.Cl.Cl. The fourth-order valence-corrected chi connectivity index (χ4v) is 1.76. The van der Waals surface area contributed by atoms with Gasteiger partial charge in [-0.1, -0.05) is 0 Å². The van der Waals surface area contributed by atoms with Crippen LogP contribution >= 0.6 is 24.8 Å². The summed E-state index contributed by atoms with van der Waals surface area (Å²) in [4.78, 5) is 18.2. The monoisotopic (exact) mass is 318 g/mol. The van der Waals surface area contributed by atoms with E-state index in [1.807, 2.05) is 36.7 Å². The van der Waals surface area contributed by atoms with Crippen LogP contribution in [-0.4, -0.2) is 47.4 Å². The minimum atomic E-state index is -0.0494. The van der Waals surface area contributed by atoms with Crippen molar-refractivity contribution in [2.24, 2.45) is 0 Å². The van der Waals surface area contributed by atoms with E-state index in [9.17, 15) is 4.79 Å². The van der Waals surface area contributed by atoms with Gasteiger partial charge in [0, 0.05) is 32.5 Å².